The van der Waals surface area contributed by atoms with Crippen molar-refractivity contribution in [1.82, 2.24) is 10.3 Å². The molecule has 4 nitrogen and oxygen atoms in total. The highest BCUT2D eigenvalue weighted by Gasteiger charge is 2.37. The number of nitrogens with one attached hydrogen (secondary N) is 1. The van der Waals surface area contributed by atoms with Crippen LogP contribution in [0.15, 0.2) is 36.7 Å². The van der Waals surface area contributed by atoms with Gasteiger partial charge in [0.1, 0.15) is 0 Å². The fourth-order valence-corrected chi connectivity index (χ4v) is 4.29. The van der Waals surface area contributed by atoms with Crippen LogP contribution in [0.2, 0.25) is 5.02 Å². The van der Waals surface area contributed by atoms with Crippen molar-refractivity contribution < 1.29 is 0 Å². The summed E-state index contributed by atoms with van der Waals surface area (Å²) in [5.74, 6) is 0. The fraction of sp³-hybridized carbons (Fsp3) is 0.450. The Balaban J connectivity index is 1.65. The minimum absolute atomic E-state index is 0.103. The lowest BCUT2D eigenvalue weighted by atomic mass is 9.93. The number of pyridine rings is 1. The number of hydrogen-bond donors (Lipinski definition) is 1. The van der Waals surface area contributed by atoms with E-state index in [4.69, 9.17) is 11.6 Å². The van der Waals surface area contributed by atoms with Crippen LogP contribution >= 0.6 is 11.6 Å². The van der Waals surface area contributed by atoms with Crippen LogP contribution in [0.4, 0.5) is 11.4 Å². The summed E-state index contributed by atoms with van der Waals surface area (Å²) in [5.41, 5.74) is 4.88. The summed E-state index contributed by atoms with van der Waals surface area (Å²) in [5, 5.41) is 4.24. The number of nitrogens with zero attached hydrogens (tertiary/aromatic N) is 3. The molecule has 132 valence electrons. The molecule has 0 bridgehead atoms. The van der Waals surface area contributed by atoms with Gasteiger partial charge in [0.2, 0.25) is 0 Å². The molecule has 1 saturated heterocycles. The van der Waals surface area contributed by atoms with Crippen LogP contribution in [0.3, 0.4) is 0 Å². The Morgan fingerprint density at radius 1 is 1.28 bits per heavy atom. The van der Waals surface area contributed by atoms with E-state index in [0.717, 1.165) is 30.3 Å². The third-order valence-electron chi connectivity index (χ3n) is 5.74. The molecule has 0 radical (unpaired) electrons. The zero-order valence-electron chi connectivity index (χ0n) is 15.1. The maximum atomic E-state index is 6.24. The molecule has 0 amide bonds. The summed E-state index contributed by atoms with van der Waals surface area (Å²) >= 11 is 6.24. The average Bonchev–Trinajstić information content (AvgIpc) is 3.22. The van der Waals surface area contributed by atoms with Gasteiger partial charge >= 0.3 is 0 Å². The highest BCUT2D eigenvalue weighted by atomic mass is 35.5. The summed E-state index contributed by atoms with van der Waals surface area (Å²) in [4.78, 5) is 9.31. The molecule has 3 heterocycles. The minimum Gasteiger partial charge on any atom is -0.369 e. The van der Waals surface area contributed by atoms with Gasteiger partial charge in [-0.25, -0.2) is 0 Å². The molecule has 1 fully saturated rings. The molecular formula is C20H25ClN4. The van der Waals surface area contributed by atoms with Crippen molar-refractivity contribution in [3.8, 4) is 0 Å². The Hall–Kier alpha value is -1.78. The molecule has 5 heteroatoms. The lowest BCUT2D eigenvalue weighted by Crippen LogP contribution is -2.36. The van der Waals surface area contributed by atoms with E-state index in [9.17, 15) is 0 Å². The van der Waals surface area contributed by atoms with Gasteiger partial charge in [-0.2, -0.15) is 0 Å². The van der Waals surface area contributed by atoms with Gasteiger partial charge in [-0.05, 0) is 56.1 Å². The van der Waals surface area contributed by atoms with Crippen LogP contribution in [-0.2, 0) is 12.1 Å². The van der Waals surface area contributed by atoms with Crippen molar-refractivity contribution in [3.63, 3.8) is 0 Å². The number of benzene rings is 1. The first kappa shape index (κ1) is 16.7. The van der Waals surface area contributed by atoms with Gasteiger partial charge in [0.15, 0.2) is 0 Å². The van der Waals surface area contributed by atoms with Crippen molar-refractivity contribution in [2.75, 3.05) is 29.9 Å². The van der Waals surface area contributed by atoms with Crippen molar-refractivity contribution in [2.45, 2.75) is 38.4 Å². The monoisotopic (exact) mass is 356 g/mol. The first-order valence-corrected chi connectivity index (χ1v) is 9.30. The van der Waals surface area contributed by atoms with E-state index in [-0.39, 0.29) is 5.54 Å². The average molecular weight is 357 g/mol. The predicted molar refractivity (Wildman–Crippen MR) is 105 cm³/mol. The van der Waals surface area contributed by atoms with Crippen LogP contribution in [-0.4, -0.2) is 31.2 Å². The number of likely N-dealkylation sites (N-methyl/N-ethyl adjacent to an activating group) is 1. The first-order chi connectivity index (χ1) is 12.0. The van der Waals surface area contributed by atoms with Gasteiger partial charge in [0.25, 0.3) is 0 Å². The Labute approximate surface area is 154 Å². The van der Waals surface area contributed by atoms with E-state index in [1.54, 1.807) is 0 Å². The number of hydrogen-bond acceptors (Lipinski definition) is 4. The lowest BCUT2D eigenvalue weighted by Gasteiger charge is -2.35. The van der Waals surface area contributed by atoms with Crippen LogP contribution in [0.1, 0.15) is 31.4 Å². The quantitative estimate of drug-likeness (QED) is 0.906. The lowest BCUT2D eigenvalue weighted by molar-refractivity contribution is 0.518. The summed E-state index contributed by atoms with van der Waals surface area (Å²) in [7, 11) is 2.17. The largest absolute Gasteiger partial charge is 0.369 e. The first-order valence-electron chi connectivity index (χ1n) is 8.92. The summed E-state index contributed by atoms with van der Waals surface area (Å²) in [6.45, 7) is 7.54. The molecule has 0 aliphatic carbocycles. The molecule has 25 heavy (non-hydrogen) atoms. The topological polar surface area (TPSA) is 31.4 Å². The Morgan fingerprint density at radius 2 is 2.12 bits per heavy atom. The second kappa shape index (κ2) is 6.19. The van der Waals surface area contributed by atoms with Crippen LogP contribution in [0.25, 0.3) is 0 Å². The SMILES string of the molecule is CN(c1cncc(N2Cc3ccc(Cl)cc3C2(C)C)c1)C1CCNC1. The van der Waals surface area contributed by atoms with Gasteiger partial charge < -0.3 is 15.1 Å². The summed E-state index contributed by atoms with van der Waals surface area (Å²) in [6.07, 6.45) is 5.12. The number of aromatic nitrogens is 1. The van der Waals surface area contributed by atoms with E-state index in [2.05, 4.69) is 59.2 Å². The molecule has 2 aliphatic rings. The number of anilines is 2. The predicted octanol–water partition coefficient (Wildman–Crippen LogP) is 3.79. The second-order valence-corrected chi connectivity index (χ2v) is 8.04. The molecule has 2 aliphatic heterocycles. The highest BCUT2D eigenvalue weighted by Crippen LogP contribution is 2.43. The zero-order chi connectivity index (χ0) is 17.6. The molecule has 1 unspecified atom stereocenters. The third-order valence-corrected chi connectivity index (χ3v) is 5.98. The van der Waals surface area contributed by atoms with E-state index in [1.165, 1.54) is 23.2 Å². The van der Waals surface area contributed by atoms with Gasteiger partial charge in [-0.3, -0.25) is 4.98 Å². The number of rotatable bonds is 3. The maximum absolute atomic E-state index is 6.24. The van der Waals surface area contributed by atoms with Crippen LogP contribution in [0, 0.1) is 0 Å². The normalized spacial score (nSPS) is 21.4. The van der Waals surface area contributed by atoms with Crippen molar-refractivity contribution in [1.29, 1.82) is 0 Å². The molecule has 2 aromatic rings. The Morgan fingerprint density at radius 3 is 2.88 bits per heavy atom. The van der Waals surface area contributed by atoms with Crippen LogP contribution < -0.4 is 15.1 Å². The smallest absolute Gasteiger partial charge is 0.0605 e. The molecule has 0 saturated carbocycles. The van der Waals surface area contributed by atoms with Crippen LogP contribution in [0.5, 0.6) is 0 Å². The van der Waals surface area contributed by atoms with Crippen molar-refractivity contribution >= 4 is 23.0 Å². The van der Waals surface area contributed by atoms with Crippen molar-refractivity contribution in [3.05, 3.63) is 52.8 Å². The molecule has 1 aromatic heterocycles. The Bertz CT molecular complexity index is 783. The summed E-state index contributed by atoms with van der Waals surface area (Å²) in [6, 6.07) is 9.03. The Kier molecular flexibility index (Phi) is 4.13. The maximum Gasteiger partial charge on any atom is 0.0605 e. The van der Waals surface area contributed by atoms with E-state index >= 15 is 0 Å². The van der Waals surface area contributed by atoms with E-state index in [0.29, 0.717) is 6.04 Å². The van der Waals surface area contributed by atoms with Crippen molar-refractivity contribution in [2.24, 2.45) is 0 Å². The number of halogens is 1. The van der Waals surface area contributed by atoms with E-state index < -0.39 is 0 Å². The standard InChI is InChI=1S/C20H25ClN4/c1-20(2)19-8-15(21)5-4-14(19)13-25(20)18-9-17(11-23-12-18)24(3)16-6-7-22-10-16/h4-5,8-9,11-12,16,22H,6-7,10,13H2,1-3H3. The summed E-state index contributed by atoms with van der Waals surface area (Å²) < 4.78 is 0. The molecular weight excluding hydrogens is 332 g/mol. The fourth-order valence-electron chi connectivity index (χ4n) is 4.12. The molecule has 1 N–H and O–H groups in total. The second-order valence-electron chi connectivity index (χ2n) is 7.61. The minimum atomic E-state index is -0.103. The molecule has 0 spiro atoms. The van der Waals surface area contributed by atoms with E-state index in [1.807, 2.05) is 18.5 Å². The molecule has 1 atom stereocenters. The van der Waals surface area contributed by atoms with Gasteiger partial charge in [-0.1, -0.05) is 17.7 Å². The molecule has 1 aromatic carbocycles. The van der Waals surface area contributed by atoms with Gasteiger partial charge in [-0.15, -0.1) is 0 Å². The zero-order valence-corrected chi connectivity index (χ0v) is 15.8. The van der Waals surface area contributed by atoms with Gasteiger partial charge in [0.05, 0.1) is 29.3 Å². The van der Waals surface area contributed by atoms with Gasteiger partial charge in [0, 0.05) is 31.2 Å². The highest BCUT2D eigenvalue weighted by molar-refractivity contribution is 6.30. The third kappa shape index (κ3) is 2.87. The molecule has 4 rings (SSSR count). The number of fused-ring (bicyclic) bond motifs is 1.